The molecule has 0 bridgehead atoms. The van der Waals surface area contributed by atoms with Gasteiger partial charge in [0, 0.05) is 37.7 Å². The third kappa shape index (κ3) is 4.40. The molecule has 1 aliphatic heterocycles. The second-order valence-corrected chi connectivity index (χ2v) is 7.80. The van der Waals surface area contributed by atoms with Crippen molar-refractivity contribution in [2.45, 2.75) is 31.7 Å². The van der Waals surface area contributed by atoms with E-state index < -0.39 is 0 Å². The van der Waals surface area contributed by atoms with Crippen molar-refractivity contribution in [3.8, 4) is 22.6 Å². The number of aromatic nitrogens is 3. The molecule has 31 heavy (non-hydrogen) atoms. The number of amides is 1. The first-order valence-electron chi connectivity index (χ1n) is 10.5. The number of hydrogen-bond acceptors (Lipinski definition) is 5. The molecule has 0 radical (unpaired) electrons. The Labute approximate surface area is 182 Å². The molecule has 1 saturated heterocycles. The van der Waals surface area contributed by atoms with Crippen LogP contribution in [0, 0.1) is 0 Å². The minimum atomic E-state index is -0.0363. The van der Waals surface area contributed by atoms with E-state index in [1.807, 2.05) is 53.2 Å². The molecular weight excluding hydrogens is 392 g/mol. The van der Waals surface area contributed by atoms with Crippen LogP contribution in [0.15, 0.2) is 48.9 Å². The number of benzene rings is 1. The number of likely N-dealkylation sites (tertiary alicyclic amines) is 1. The molecule has 0 aliphatic carbocycles. The van der Waals surface area contributed by atoms with E-state index in [4.69, 9.17) is 14.6 Å². The van der Waals surface area contributed by atoms with E-state index in [0.717, 1.165) is 48.2 Å². The number of methoxy groups -OCH3 is 2. The van der Waals surface area contributed by atoms with Gasteiger partial charge >= 0.3 is 0 Å². The highest BCUT2D eigenvalue weighted by atomic mass is 16.5. The van der Waals surface area contributed by atoms with Crippen LogP contribution in [0.2, 0.25) is 0 Å². The highest BCUT2D eigenvalue weighted by Crippen LogP contribution is 2.36. The predicted octanol–water partition coefficient (Wildman–Crippen LogP) is 3.80. The van der Waals surface area contributed by atoms with E-state index in [1.54, 1.807) is 26.6 Å². The van der Waals surface area contributed by atoms with Gasteiger partial charge in [0.2, 0.25) is 5.91 Å². The van der Waals surface area contributed by atoms with E-state index in [-0.39, 0.29) is 11.9 Å². The van der Waals surface area contributed by atoms with Gasteiger partial charge in [-0.15, -0.1) is 0 Å². The minimum absolute atomic E-state index is 0.0363. The molecule has 4 rings (SSSR count). The summed E-state index contributed by atoms with van der Waals surface area (Å²) in [6, 6.07) is 9.57. The summed E-state index contributed by atoms with van der Waals surface area (Å²) >= 11 is 0. The molecule has 2 aromatic heterocycles. The highest BCUT2D eigenvalue weighted by Gasteiger charge is 2.32. The molecule has 7 heteroatoms. The van der Waals surface area contributed by atoms with Crippen LogP contribution in [0.5, 0.6) is 11.5 Å². The molecule has 1 aliphatic rings. The number of carbonyl (C=O) groups excluding carboxylic acids is 1. The molecular formula is C24H28N4O3. The van der Waals surface area contributed by atoms with Crippen LogP contribution in [-0.2, 0) is 18.3 Å². The van der Waals surface area contributed by atoms with Gasteiger partial charge in [-0.3, -0.25) is 14.5 Å². The van der Waals surface area contributed by atoms with Crippen molar-refractivity contribution in [3.63, 3.8) is 0 Å². The second kappa shape index (κ2) is 9.20. The SMILES string of the molecule is COc1ccc(CC(=O)N2CCCC[C@H]2c2nn(C)cc2-c2ccncc2)cc1OC. The Balaban J connectivity index is 1.61. The van der Waals surface area contributed by atoms with Gasteiger partial charge in [0.25, 0.3) is 0 Å². The Bertz CT molecular complexity index is 1050. The van der Waals surface area contributed by atoms with E-state index >= 15 is 0 Å². The number of pyridine rings is 1. The molecule has 7 nitrogen and oxygen atoms in total. The average molecular weight is 421 g/mol. The number of hydrogen-bond donors (Lipinski definition) is 0. The first-order chi connectivity index (χ1) is 15.1. The molecule has 0 spiro atoms. The summed E-state index contributed by atoms with van der Waals surface area (Å²) in [7, 11) is 5.13. The van der Waals surface area contributed by atoms with Crippen LogP contribution in [0.1, 0.15) is 36.6 Å². The van der Waals surface area contributed by atoms with Gasteiger partial charge in [0.05, 0.1) is 32.4 Å². The molecule has 1 aromatic carbocycles. The standard InChI is InChI=1S/C24H28N4O3/c1-27-16-19(18-9-11-25-12-10-18)24(26-27)20-6-4-5-13-28(20)23(29)15-17-7-8-21(30-2)22(14-17)31-3/h7-12,14,16,20H,4-6,13,15H2,1-3H3/t20-/m0/s1. The van der Waals surface area contributed by atoms with Crippen LogP contribution >= 0.6 is 0 Å². The van der Waals surface area contributed by atoms with Gasteiger partial charge < -0.3 is 14.4 Å². The maximum atomic E-state index is 13.4. The van der Waals surface area contributed by atoms with Crippen molar-refractivity contribution in [2.24, 2.45) is 7.05 Å². The van der Waals surface area contributed by atoms with Crippen molar-refractivity contribution in [1.82, 2.24) is 19.7 Å². The predicted molar refractivity (Wildman–Crippen MR) is 118 cm³/mol. The summed E-state index contributed by atoms with van der Waals surface area (Å²) in [6.07, 6.45) is 8.90. The fraction of sp³-hybridized carbons (Fsp3) is 0.375. The molecule has 0 saturated carbocycles. The van der Waals surface area contributed by atoms with Crippen LogP contribution < -0.4 is 9.47 Å². The maximum absolute atomic E-state index is 13.4. The Morgan fingerprint density at radius 1 is 1.10 bits per heavy atom. The summed E-state index contributed by atoms with van der Waals surface area (Å²) < 4.78 is 12.5. The largest absolute Gasteiger partial charge is 0.493 e. The van der Waals surface area contributed by atoms with Gasteiger partial charge in [-0.1, -0.05) is 6.07 Å². The van der Waals surface area contributed by atoms with Gasteiger partial charge in [-0.05, 0) is 54.7 Å². The van der Waals surface area contributed by atoms with Crippen LogP contribution in [0.4, 0.5) is 0 Å². The van der Waals surface area contributed by atoms with Crippen LogP contribution in [0.25, 0.3) is 11.1 Å². The summed E-state index contributed by atoms with van der Waals surface area (Å²) in [5.41, 5.74) is 3.98. The molecule has 162 valence electrons. The Morgan fingerprint density at radius 2 is 1.87 bits per heavy atom. The fourth-order valence-corrected chi connectivity index (χ4v) is 4.29. The lowest BCUT2D eigenvalue weighted by atomic mass is 9.94. The Morgan fingerprint density at radius 3 is 2.61 bits per heavy atom. The van der Waals surface area contributed by atoms with E-state index in [2.05, 4.69) is 4.98 Å². The molecule has 1 fully saturated rings. The molecule has 0 unspecified atom stereocenters. The topological polar surface area (TPSA) is 69.5 Å². The zero-order valence-electron chi connectivity index (χ0n) is 18.2. The van der Waals surface area contributed by atoms with Gasteiger partial charge in [0.1, 0.15) is 0 Å². The first kappa shape index (κ1) is 20.9. The van der Waals surface area contributed by atoms with Crippen molar-refractivity contribution >= 4 is 5.91 Å². The van der Waals surface area contributed by atoms with Crippen molar-refractivity contribution in [3.05, 3.63) is 60.2 Å². The second-order valence-electron chi connectivity index (χ2n) is 7.80. The minimum Gasteiger partial charge on any atom is -0.493 e. The molecule has 3 heterocycles. The van der Waals surface area contributed by atoms with Gasteiger partial charge in [-0.2, -0.15) is 5.10 Å². The average Bonchev–Trinajstić information content (AvgIpc) is 3.21. The van der Waals surface area contributed by atoms with E-state index in [9.17, 15) is 4.79 Å². The number of piperidine rings is 1. The maximum Gasteiger partial charge on any atom is 0.227 e. The molecule has 0 N–H and O–H groups in total. The van der Waals surface area contributed by atoms with Gasteiger partial charge in [-0.25, -0.2) is 0 Å². The van der Waals surface area contributed by atoms with Crippen LogP contribution in [0.3, 0.4) is 0 Å². The fourth-order valence-electron chi connectivity index (χ4n) is 4.29. The van der Waals surface area contributed by atoms with Gasteiger partial charge in [0.15, 0.2) is 11.5 Å². The molecule has 1 amide bonds. The molecule has 3 aromatic rings. The summed E-state index contributed by atoms with van der Waals surface area (Å²) in [6.45, 7) is 0.739. The Kier molecular flexibility index (Phi) is 6.21. The number of carbonyl (C=O) groups is 1. The Hall–Kier alpha value is -3.35. The zero-order valence-corrected chi connectivity index (χ0v) is 18.2. The van der Waals surface area contributed by atoms with E-state index in [1.165, 1.54) is 0 Å². The first-order valence-corrected chi connectivity index (χ1v) is 10.5. The summed E-state index contributed by atoms with van der Waals surface area (Å²) in [4.78, 5) is 19.5. The normalized spacial score (nSPS) is 16.2. The lowest BCUT2D eigenvalue weighted by molar-refractivity contribution is -0.134. The monoisotopic (exact) mass is 420 g/mol. The number of nitrogens with zero attached hydrogens (tertiary/aromatic N) is 4. The summed E-state index contributed by atoms with van der Waals surface area (Å²) in [5, 5.41) is 4.77. The third-order valence-corrected chi connectivity index (χ3v) is 5.79. The highest BCUT2D eigenvalue weighted by molar-refractivity contribution is 5.80. The smallest absolute Gasteiger partial charge is 0.227 e. The van der Waals surface area contributed by atoms with Crippen molar-refractivity contribution in [1.29, 1.82) is 0 Å². The summed E-state index contributed by atoms with van der Waals surface area (Å²) in [5.74, 6) is 1.39. The zero-order chi connectivity index (χ0) is 21.8. The molecule has 1 atom stereocenters. The number of ether oxygens (including phenoxy) is 2. The quantitative estimate of drug-likeness (QED) is 0.607. The third-order valence-electron chi connectivity index (χ3n) is 5.79. The van der Waals surface area contributed by atoms with E-state index in [0.29, 0.717) is 17.9 Å². The lowest BCUT2D eigenvalue weighted by Crippen LogP contribution is -2.39. The van der Waals surface area contributed by atoms with Crippen molar-refractivity contribution < 1.29 is 14.3 Å². The van der Waals surface area contributed by atoms with Crippen molar-refractivity contribution in [2.75, 3.05) is 20.8 Å². The van der Waals surface area contributed by atoms with Crippen LogP contribution in [-0.4, -0.2) is 46.3 Å². The lowest BCUT2D eigenvalue weighted by Gasteiger charge is -2.35. The number of rotatable bonds is 6. The number of aryl methyl sites for hydroxylation is 1.